The maximum absolute atomic E-state index is 12.6. The van der Waals surface area contributed by atoms with Crippen LogP contribution >= 0.6 is 11.3 Å². The zero-order chi connectivity index (χ0) is 17.8. The molecule has 1 aromatic carbocycles. The normalized spacial score (nSPS) is 11.0. The van der Waals surface area contributed by atoms with Gasteiger partial charge in [-0.05, 0) is 30.5 Å². The third-order valence-electron chi connectivity index (χ3n) is 3.81. The van der Waals surface area contributed by atoms with Gasteiger partial charge in [0.15, 0.2) is 0 Å². The summed E-state index contributed by atoms with van der Waals surface area (Å²) < 4.78 is 1.81. The standard InChI is InChI=1S/C19H22N4OS/c1-13(2)11-17-22-14(3)18(25-17)19(24)20-12-15-7-4-5-8-16(15)23-10-6-9-21-23/h4-10,13H,11-12H2,1-3H3,(H,20,24). The molecule has 0 bridgehead atoms. The van der Waals surface area contributed by atoms with Gasteiger partial charge in [0, 0.05) is 25.4 Å². The van der Waals surface area contributed by atoms with Crippen molar-refractivity contribution in [1.82, 2.24) is 20.1 Å². The molecule has 130 valence electrons. The predicted molar refractivity (Wildman–Crippen MR) is 100 cm³/mol. The number of carbonyl (C=O) groups excluding carboxylic acids is 1. The first-order valence-electron chi connectivity index (χ1n) is 8.37. The number of hydrogen-bond acceptors (Lipinski definition) is 4. The molecule has 0 unspecified atom stereocenters. The summed E-state index contributed by atoms with van der Waals surface area (Å²) in [5.74, 6) is 0.461. The van der Waals surface area contributed by atoms with Crippen molar-refractivity contribution in [3.63, 3.8) is 0 Å². The lowest BCUT2D eigenvalue weighted by Gasteiger charge is -2.10. The number of nitrogens with one attached hydrogen (secondary N) is 1. The first kappa shape index (κ1) is 17.4. The second kappa shape index (κ2) is 7.61. The number of amides is 1. The van der Waals surface area contributed by atoms with Crippen LogP contribution in [0.2, 0.25) is 0 Å². The minimum absolute atomic E-state index is 0.0692. The number of nitrogens with zero attached hydrogens (tertiary/aromatic N) is 3. The van der Waals surface area contributed by atoms with Gasteiger partial charge in [0.2, 0.25) is 0 Å². The Balaban J connectivity index is 1.72. The number of hydrogen-bond donors (Lipinski definition) is 1. The molecule has 0 aliphatic carbocycles. The van der Waals surface area contributed by atoms with Gasteiger partial charge in [-0.2, -0.15) is 5.10 Å². The van der Waals surface area contributed by atoms with Crippen molar-refractivity contribution in [1.29, 1.82) is 0 Å². The van der Waals surface area contributed by atoms with E-state index in [2.05, 4.69) is 29.2 Å². The maximum Gasteiger partial charge on any atom is 0.263 e. The lowest BCUT2D eigenvalue weighted by atomic mass is 10.1. The van der Waals surface area contributed by atoms with Crippen LogP contribution in [0.3, 0.4) is 0 Å². The summed E-state index contributed by atoms with van der Waals surface area (Å²) in [6.45, 7) is 6.66. The van der Waals surface area contributed by atoms with Gasteiger partial charge < -0.3 is 5.32 Å². The Morgan fingerprint density at radius 1 is 1.28 bits per heavy atom. The van der Waals surface area contributed by atoms with Crippen LogP contribution in [0, 0.1) is 12.8 Å². The number of aromatic nitrogens is 3. The minimum atomic E-state index is -0.0692. The zero-order valence-corrected chi connectivity index (χ0v) is 15.5. The van der Waals surface area contributed by atoms with E-state index in [1.807, 2.05) is 43.5 Å². The molecule has 2 heterocycles. The highest BCUT2D eigenvalue weighted by atomic mass is 32.1. The first-order chi connectivity index (χ1) is 12.0. The van der Waals surface area contributed by atoms with Crippen molar-refractivity contribution in [3.05, 3.63) is 63.9 Å². The van der Waals surface area contributed by atoms with Crippen LogP contribution in [0.4, 0.5) is 0 Å². The second-order valence-corrected chi connectivity index (χ2v) is 7.47. The number of para-hydroxylation sites is 1. The van der Waals surface area contributed by atoms with E-state index in [1.54, 1.807) is 10.9 Å². The van der Waals surface area contributed by atoms with Crippen molar-refractivity contribution in [2.24, 2.45) is 5.92 Å². The molecule has 0 saturated carbocycles. The number of thiazole rings is 1. The maximum atomic E-state index is 12.6. The number of carbonyl (C=O) groups is 1. The molecule has 1 amide bonds. The molecule has 0 radical (unpaired) electrons. The molecule has 1 N–H and O–H groups in total. The summed E-state index contributed by atoms with van der Waals surface area (Å²) in [4.78, 5) is 17.8. The van der Waals surface area contributed by atoms with E-state index in [0.29, 0.717) is 17.3 Å². The molecule has 3 aromatic rings. The Hall–Kier alpha value is -2.47. The summed E-state index contributed by atoms with van der Waals surface area (Å²) in [7, 11) is 0. The lowest BCUT2D eigenvalue weighted by Crippen LogP contribution is -2.23. The van der Waals surface area contributed by atoms with Crippen LogP contribution in [0.5, 0.6) is 0 Å². The summed E-state index contributed by atoms with van der Waals surface area (Å²) in [5.41, 5.74) is 2.79. The monoisotopic (exact) mass is 354 g/mol. The third-order valence-corrected chi connectivity index (χ3v) is 4.99. The molecular weight excluding hydrogens is 332 g/mol. The molecule has 6 heteroatoms. The van der Waals surface area contributed by atoms with Crippen molar-refractivity contribution in [2.75, 3.05) is 0 Å². The first-order valence-corrected chi connectivity index (χ1v) is 9.18. The third kappa shape index (κ3) is 4.14. The van der Waals surface area contributed by atoms with E-state index in [9.17, 15) is 4.79 Å². The van der Waals surface area contributed by atoms with Gasteiger partial charge in [-0.25, -0.2) is 9.67 Å². The minimum Gasteiger partial charge on any atom is -0.347 e. The average Bonchev–Trinajstić information content (AvgIpc) is 3.22. The van der Waals surface area contributed by atoms with Crippen molar-refractivity contribution >= 4 is 17.2 Å². The van der Waals surface area contributed by atoms with Gasteiger partial charge in [-0.3, -0.25) is 4.79 Å². The topological polar surface area (TPSA) is 59.8 Å². The lowest BCUT2D eigenvalue weighted by molar-refractivity contribution is 0.0954. The fourth-order valence-electron chi connectivity index (χ4n) is 2.65. The van der Waals surface area contributed by atoms with Gasteiger partial charge in [0.05, 0.1) is 16.4 Å². The van der Waals surface area contributed by atoms with Gasteiger partial charge in [-0.15, -0.1) is 11.3 Å². The number of aryl methyl sites for hydroxylation is 1. The van der Waals surface area contributed by atoms with E-state index in [4.69, 9.17) is 0 Å². The summed E-state index contributed by atoms with van der Waals surface area (Å²) >= 11 is 1.49. The molecule has 0 atom stereocenters. The van der Waals surface area contributed by atoms with Crippen molar-refractivity contribution in [2.45, 2.75) is 33.7 Å². The zero-order valence-electron chi connectivity index (χ0n) is 14.7. The summed E-state index contributed by atoms with van der Waals surface area (Å²) in [6.07, 6.45) is 4.54. The van der Waals surface area contributed by atoms with E-state index in [-0.39, 0.29) is 5.91 Å². The van der Waals surface area contributed by atoms with Gasteiger partial charge in [-0.1, -0.05) is 32.0 Å². The smallest absolute Gasteiger partial charge is 0.263 e. The molecule has 0 fully saturated rings. The van der Waals surface area contributed by atoms with Gasteiger partial charge >= 0.3 is 0 Å². The SMILES string of the molecule is Cc1nc(CC(C)C)sc1C(=O)NCc1ccccc1-n1cccn1. The highest BCUT2D eigenvalue weighted by molar-refractivity contribution is 7.13. The van der Waals surface area contributed by atoms with Gasteiger partial charge in [0.1, 0.15) is 4.88 Å². The predicted octanol–water partition coefficient (Wildman–Crippen LogP) is 3.77. The Bertz CT molecular complexity index is 852. The van der Waals surface area contributed by atoms with E-state index in [1.165, 1.54) is 11.3 Å². The Kier molecular flexibility index (Phi) is 5.28. The van der Waals surface area contributed by atoms with Crippen molar-refractivity contribution in [3.8, 4) is 5.69 Å². The van der Waals surface area contributed by atoms with Crippen LogP contribution in [-0.4, -0.2) is 20.7 Å². The van der Waals surface area contributed by atoms with E-state index >= 15 is 0 Å². The fourth-order valence-corrected chi connectivity index (χ4v) is 3.84. The highest BCUT2D eigenvalue weighted by Crippen LogP contribution is 2.21. The largest absolute Gasteiger partial charge is 0.347 e. The Morgan fingerprint density at radius 3 is 2.80 bits per heavy atom. The fraction of sp³-hybridized carbons (Fsp3) is 0.316. The van der Waals surface area contributed by atoms with Crippen LogP contribution in [0.15, 0.2) is 42.7 Å². The molecule has 5 nitrogen and oxygen atoms in total. The number of rotatable bonds is 6. The Morgan fingerprint density at radius 2 is 2.08 bits per heavy atom. The van der Waals surface area contributed by atoms with Crippen molar-refractivity contribution < 1.29 is 4.79 Å². The van der Waals surface area contributed by atoms with Gasteiger partial charge in [0.25, 0.3) is 5.91 Å². The molecule has 0 aliphatic heterocycles. The molecule has 2 aromatic heterocycles. The molecule has 0 saturated heterocycles. The van der Waals surface area contributed by atoms with Crippen LogP contribution < -0.4 is 5.32 Å². The number of benzene rings is 1. The molecular formula is C19H22N4OS. The van der Waals surface area contributed by atoms with E-state index in [0.717, 1.165) is 28.4 Å². The summed E-state index contributed by atoms with van der Waals surface area (Å²) in [5, 5.41) is 8.31. The molecule has 3 rings (SSSR count). The highest BCUT2D eigenvalue weighted by Gasteiger charge is 2.16. The van der Waals surface area contributed by atoms with Crippen LogP contribution in [-0.2, 0) is 13.0 Å². The quantitative estimate of drug-likeness (QED) is 0.733. The van der Waals surface area contributed by atoms with E-state index < -0.39 is 0 Å². The average molecular weight is 354 g/mol. The molecule has 25 heavy (non-hydrogen) atoms. The molecule has 0 spiro atoms. The molecule has 0 aliphatic rings. The van der Waals surface area contributed by atoms with Crippen LogP contribution in [0.25, 0.3) is 5.69 Å². The summed E-state index contributed by atoms with van der Waals surface area (Å²) in [6, 6.07) is 9.81. The van der Waals surface area contributed by atoms with Crippen LogP contribution in [0.1, 0.15) is 39.8 Å². The second-order valence-electron chi connectivity index (χ2n) is 6.38. The Labute approximate surface area is 151 Å².